The molecule has 1 heterocycles. The number of aromatic nitrogens is 1. The number of hydrogen-bond acceptors (Lipinski definition) is 4. The molecule has 0 saturated carbocycles. The summed E-state index contributed by atoms with van der Waals surface area (Å²) in [6.07, 6.45) is 0. The van der Waals surface area contributed by atoms with Gasteiger partial charge in [-0.2, -0.15) is 0 Å². The Hall–Kier alpha value is -0.550. The SMILES string of the molecule is Cc1nc(S[C@H](C)C(=O)N(C)C(C)C)sc1C. The monoisotopic (exact) mass is 272 g/mol. The smallest absolute Gasteiger partial charge is 0.235 e. The van der Waals surface area contributed by atoms with Gasteiger partial charge in [0.2, 0.25) is 5.91 Å². The molecule has 0 N–H and O–H groups in total. The Morgan fingerprint density at radius 2 is 1.94 bits per heavy atom. The molecule has 1 atom stereocenters. The summed E-state index contributed by atoms with van der Waals surface area (Å²) in [5.41, 5.74) is 1.06. The van der Waals surface area contributed by atoms with E-state index in [0.717, 1.165) is 10.0 Å². The maximum atomic E-state index is 12.1. The molecule has 0 aromatic carbocycles. The minimum absolute atomic E-state index is 0.0765. The van der Waals surface area contributed by atoms with Crippen LogP contribution in [-0.4, -0.2) is 34.1 Å². The van der Waals surface area contributed by atoms with Crippen LogP contribution >= 0.6 is 23.1 Å². The van der Waals surface area contributed by atoms with Crippen LogP contribution in [0.1, 0.15) is 31.3 Å². The quantitative estimate of drug-likeness (QED) is 0.790. The highest BCUT2D eigenvalue weighted by Crippen LogP contribution is 2.30. The maximum absolute atomic E-state index is 12.1. The van der Waals surface area contributed by atoms with Crippen LogP contribution < -0.4 is 0 Å². The number of carbonyl (C=O) groups excluding carboxylic acids is 1. The lowest BCUT2D eigenvalue weighted by atomic mass is 10.3. The summed E-state index contributed by atoms with van der Waals surface area (Å²) in [5.74, 6) is 0.163. The van der Waals surface area contributed by atoms with E-state index in [1.165, 1.54) is 4.88 Å². The van der Waals surface area contributed by atoms with Crippen molar-refractivity contribution in [2.45, 2.75) is 50.3 Å². The Balaban J connectivity index is 2.66. The third-order valence-corrected chi connectivity index (χ3v) is 5.01. The summed E-state index contributed by atoms with van der Waals surface area (Å²) in [5, 5.41) is -0.0765. The normalized spacial score (nSPS) is 12.9. The molecule has 0 aliphatic rings. The van der Waals surface area contributed by atoms with Crippen LogP contribution in [-0.2, 0) is 4.79 Å². The summed E-state index contributed by atoms with van der Waals surface area (Å²) in [7, 11) is 1.85. The van der Waals surface area contributed by atoms with Gasteiger partial charge in [0.15, 0.2) is 4.34 Å². The summed E-state index contributed by atoms with van der Waals surface area (Å²) in [6, 6.07) is 0.241. The number of thiazole rings is 1. The molecule has 3 nitrogen and oxygen atoms in total. The molecular formula is C12H20N2OS2. The van der Waals surface area contributed by atoms with Gasteiger partial charge in [-0.15, -0.1) is 11.3 Å². The van der Waals surface area contributed by atoms with Gasteiger partial charge < -0.3 is 4.90 Å². The fourth-order valence-corrected chi connectivity index (χ4v) is 3.63. The topological polar surface area (TPSA) is 33.2 Å². The first-order chi connectivity index (χ1) is 7.82. The van der Waals surface area contributed by atoms with Gasteiger partial charge in [0, 0.05) is 18.0 Å². The summed E-state index contributed by atoms with van der Waals surface area (Å²) in [4.78, 5) is 19.5. The molecule has 1 aromatic rings. The van der Waals surface area contributed by atoms with E-state index in [-0.39, 0.29) is 17.2 Å². The van der Waals surface area contributed by atoms with Crippen molar-refractivity contribution < 1.29 is 4.79 Å². The second kappa shape index (κ2) is 5.87. The molecule has 1 amide bonds. The molecule has 96 valence electrons. The Morgan fingerprint density at radius 1 is 1.35 bits per heavy atom. The second-order valence-electron chi connectivity index (χ2n) is 4.42. The number of thioether (sulfide) groups is 1. The van der Waals surface area contributed by atoms with Gasteiger partial charge in [-0.1, -0.05) is 11.8 Å². The lowest BCUT2D eigenvalue weighted by molar-refractivity contribution is -0.130. The number of rotatable bonds is 4. The molecule has 0 saturated heterocycles. The minimum Gasteiger partial charge on any atom is -0.342 e. The number of amides is 1. The molecule has 0 aliphatic carbocycles. The molecule has 0 bridgehead atoms. The van der Waals surface area contributed by atoms with Gasteiger partial charge in [0.05, 0.1) is 10.9 Å². The van der Waals surface area contributed by atoms with E-state index in [2.05, 4.69) is 11.9 Å². The lowest BCUT2D eigenvalue weighted by Gasteiger charge is -2.24. The highest BCUT2D eigenvalue weighted by Gasteiger charge is 2.21. The molecule has 0 unspecified atom stereocenters. The van der Waals surface area contributed by atoms with Crippen LogP contribution in [0.15, 0.2) is 4.34 Å². The van der Waals surface area contributed by atoms with Crippen LogP contribution in [0.5, 0.6) is 0 Å². The molecule has 0 radical (unpaired) electrons. The highest BCUT2D eigenvalue weighted by molar-refractivity contribution is 8.02. The predicted octanol–water partition coefficient (Wildman–Crippen LogP) is 3.11. The molecule has 0 spiro atoms. The van der Waals surface area contributed by atoms with Crippen molar-refractivity contribution in [2.75, 3.05) is 7.05 Å². The van der Waals surface area contributed by atoms with Crippen molar-refractivity contribution in [2.24, 2.45) is 0 Å². The molecule has 1 aromatic heterocycles. The second-order valence-corrected chi connectivity index (χ2v) is 7.22. The number of aryl methyl sites for hydroxylation is 2. The van der Waals surface area contributed by atoms with Crippen LogP contribution in [0, 0.1) is 13.8 Å². The van der Waals surface area contributed by atoms with E-state index < -0.39 is 0 Å². The zero-order valence-corrected chi connectivity index (χ0v) is 12.9. The van der Waals surface area contributed by atoms with Crippen LogP contribution in [0.2, 0.25) is 0 Å². The standard InChI is InChI=1S/C12H20N2OS2/c1-7(2)14(6)11(15)10(5)17-12-13-8(3)9(4)16-12/h7,10H,1-6H3/t10-/m1/s1. The lowest BCUT2D eigenvalue weighted by Crippen LogP contribution is -2.38. The number of carbonyl (C=O) groups is 1. The number of hydrogen-bond donors (Lipinski definition) is 0. The summed E-state index contributed by atoms with van der Waals surface area (Å²) >= 11 is 3.21. The zero-order chi connectivity index (χ0) is 13.2. The molecule has 0 fully saturated rings. The molecule has 17 heavy (non-hydrogen) atoms. The van der Waals surface area contributed by atoms with E-state index in [4.69, 9.17) is 0 Å². The largest absolute Gasteiger partial charge is 0.342 e. The first-order valence-electron chi connectivity index (χ1n) is 5.70. The van der Waals surface area contributed by atoms with Crippen LogP contribution in [0.3, 0.4) is 0 Å². The van der Waals surface area contributed by atoms with Crippen molar-refractivity contribution in [3.63, 3.8) is 0 Å². The van der Waals surface area contributed by atoms with Crippen LogP contribution in [0.25, 0.3) is 0 Å². The fraction of sp³-hybridized carbons (Fsp3) is 0.667. The van der Waals surface area contributed by atoms with Crippen LogP contribution in [0.4, 0.5) is 0 Å². The molecule has 5 heteroatoms. The third kappa shape index (κ3) is 3.71. The van der Waals surface area contributed by atoms with Gasteiger partial charge in [-0.25, -0.2) is 4.98 Å². The van der Waals surface area contributed by atoms with Gasteiger partial charge in [-0.05, 0) is 34.6 Å². The van der Waals surface area contributed by atoms with Crippen molar-refractivity contribution in [1.82, 2.24) is 9.88 Å². The minimum atomic E-state index is -0.0765. The van der Waals surface area contributed by atoms with E-state index in [9.17, 15) is 4.79 Å². The van der Waals surface area contributed by atoms with Gasteiger partial charge in [0.25, 0.3) is 0 Å². The van der Waals surface area contributed by atoms with Crippen molar-refractivity contribution in [3.05, 3.63) is 10.6 Å². The third-order valence-electron chi connectivity index (χ3n) is 2.76. The van der Waals surface area contributed by atoms with Crippen molar-refractivity contribution >= 4 is 29.0 Å². The average molecular weight is 272 g/mol. The van der Waals surface area contributed by atoms with E-state index >= 15 is 0 Å². The first kappa shape index (κ1) is 14.5. The summed E-state index contributed by atoms with van der Waals surface area (Å²) < 4.78 is 0.984. The summed E-state index contributed by atoms with van der Waals surface area (Å²) in [6.45, 7) is 10.0. The van der Waals surface area contributed by atoms with Crippen molar-refractivity contribution in [1.29, 1.82) is 0 Å². The van der Waals surface area contributed by atoms with E-state index in [0.29, 0.717) is 0 Å². The Kier molecular flexibility index (Phi) is 5.01. The van der Waals surface area contributed by atoms with Gasteiger partial charge >= 0.3 is 0 Å². The average Bonchev–Trinajstić information content (AvgIpc) is 2.55. The Morgan fingerprint density at radius 3 is 2.35 bits per heavy atom. The van der Waals surface area contributed by atoms with Gasteiger partial charge in [0.1, 0.15) is 0 Å². The molecular weight excluding hydrogens is 252 g/mol. The maximum Gasteiger partial charge on any atom is 0.235 e. The molecule has 1 rings (SSSR count). The fourth-order valence-electron chi connectivity index (χ4n) is 1.24. The Bertz CT molecular complexity index is 382. The zero-order valence-electron chi connectivity index (χ0n) is 11.3. The number of nitrogens with zero attached hydrogens (tertiary/aromatic N) is 2. The first-order valence-corrected chi connectivity index (χ1v) is 7.40. The Labute approximate surface area is 112 Å². The highest BCUT2D eigenvalue weighted by atomic mass is 32.2. The van der Waals surface area contributed by atoms with E-state index in [1.807, 2.05) is 34.7 Å². The van der Waals surface area contributed by atoms with Crippen molar-refractivity contribution in [3.8, 4) is 0 Å². The van der Waals surface area contributed by atoms with Gasteiger partial charge in [-0.3, -0.25) is 4.79 Å². The van der Waals surface area contributed by atoms with E-state index in [1.54, 1.807) is 28.0 Å². The predicted molar refractivity (Wildman–Crippen MR) is 74.8 cm³/mol. The molecule has 0 aliphatic heterocycles.